The maximum Gasteiger partial charge on any atom is 0.0674 e. The van der Waals surface area contributed by atoms with E-state index in [-0.39, 0.29) is 17.0 Å². The molecule has 0 aromatic heterocycles. The lowest BCUT2D eigenvalue weighted by Crippen LogP contribution is -2.41. The number of morpholine rings is 1. The maximum atomic E-state index is 5.60. The van der Waals surface area contributed by atoms with Crippen LogP contribution in [0.25, 0.3) is 0 Å². The third-order valence-corrected chi connectivity index (χ3v) is 5.65. The largest absolute Gasteiger partial charge is 0.376 e. The fraction of sp³-hybridized carbons (Fsp3) is 1.00. The van der Waals surface area contributed by atoms with Crippen LogP contribution in [0.4, 0.5) is 0 Å². The van der Waals surface area contributed by atoms with Crippen LogP contribution in [0.5, 0.6) is 0 Å². The van der Waals surface area contributed by atoms with Gasteiger partial charge in [0.2, 0.25) is 0 Å². The molecule has 0 aromatic rings. The summed E-state index contributed by atoms with van der Waals surface area (Å²) in [5.41, 5.74) is 0. The van der Waals surface area contributed by atoms with Gasteiger partial charge in [0.15, 0.2) is 0 Å². The smallest absolute Gasteiger partial charge is 0.0674 e. The summed E-state index contributed by atoms with van der Waals surface area (Å²) < 4.78 is 5.60. The third-order valence-electron chi connectivity index (χ3n) is 5.65. The van der Waals surface area contributed by atoms with Crippen LogP contribution in [0, 0.1) is 0 Å². The number of ether oxygens (including phenoxy) is 1. The molecule has 26 heavy (non-hydrogen) atoms. The van der Waals surface area contributed by atoms with Crippen LogP contribution in [0.15, 0.2) is 0 Å². The molecule has 0 aliphatic carbocycles. The lowest BCUT2D eigenvalue weighted by Gasteiger charge is -2.30. The van der Waals surface area contributed by atoms with Gasteiger partial charge in [-0.3, -0.25) is 4.90 Å². The summed E-state index contributed by atoms with van der Waals surface area (Å²) in [6, 6.07) is 0. The van der Waals surface area contributed by atoms with E-state index in [9.17, 15) is 0 Å². The van der Waals surface area contributed by atoms with Crippen molar-refractivity contribution < 1.29 is 4.74 Å². The van der Waals surface area contributed by atoms with Crippen LogP contribution in [-0.2, 0) is 4.74 Å². The predicted octanol–water partition coefficient (Wildman–Crippen LogP) is 7.55. The van der Waals surface area contributed by atoms with E-state index in [4.69, 9.17) is 4.74 Å². The van der Waals surface area contributed by atoms with E-state index >= 15 is 0 Å². The molecule has 0 spiro atoms. The summed E-state index contributed by atoms with van der Waals surface area (Å²) in [5.74, 6) is 0. The molecular formula is C23H48BrNO. The molecule has 1 atom stereocenters. The van der Waals surface area contributed by atoms with E-state index in [1.807, 2.05) is 0 Å². The van der Waals surface area contributed by atoms with Gasteiger partial charge in [-0.1, -0.05) is 103 Å². The molecule has 1 heterocycles. The highest BCUT2D eigenvalue weighted by Gasteiger charge is 2.15. The summed E-state index contributed by atoms with van der Waals surface area (Å²) in [5, 5.41) is 0. The molecule has 1 aliphatic heterocycles. The Morgan fingerprint density at radius 1 is 0.692 bits per heavy atom. The topological polar surface area (TPSA) is 12.5 Å². The second-order valence-corrected chi connectivity index (χ2v) is 8.29. The lowest BCUT2D eigenvalue weighted by atomic mass is 10.0. The summed E-state index contributed by atoms with van der Waals surface area (Å²) in [6.07, 6.45) is 23.7. The van der Waals surface area contributed by atoms with Gasteiger partial charge in [0.25, 0.3) is 0 Å². The summed E-state index contributed by atoms with van der Waals surface area (Å²) in [4.78, 5) is 2.58. The highest BCUT2D eigenvalue weighted by atomic mass is 79.9. The molecule has 2 nitrogen and oxygen atoms in total. The minimum Gasteiger partial charge on any atom is -0.376 e. The fourth-order valence-corrected chi connectivity index (χ4v) is 3.98. The van der Waals surface area contributed by atoms with Crippen molar-refractivity contribution in [1.29, 1.82) is 0 Å². The highest BCUT2D eigenvalue weighted by Crippen LogP contribution is 2.14. The number of unbranched alkanes of at least 4 members (excludes halogenated alkanes) is 15. The Morgan fingerprint density at radius 2 is 1.12 bits per heavy atom. The zero-order valence-electron chi connectivity index (χ0n) is 18.0. The van der Waals surface area contributed by atoms with E-state index in [2.05, 4.69) is 18.7 Å². The summed E-state index contributed by atoms with van der Waals surface area (Å²) >= 11 is 0. The van der Waals surface area contributed by atoms with E-state index in [1.54, 1.807) is 0 Å². The number of halogens is 1. The highest BCUT2D eigenvalue weighted by molar-refractivity contribution is 8.93. The molecule has 0 saturated carbocycles. The van der Waals surface area contributed by atoms with Crippen molar-refractivity contribution in [3.8, 4) is 0 Å². The first-order valence-corrected chi connectivity index (χ1v) is 11.7. The van der Waals surface area contributed by atoms with Gasteiger partial charge in [0, 0.05) is 13.1 Å². The molecule has 0 N–H and O–H groups in total. The molecule has 158 valence electrons. The number of nitrogens with zero attached hydrogens (tertiary/aromatic N) is 1. The number of hydrogen-bond acceptors (Lipinski definition) is 2. The second-order valence-electron chi connectivity index (χ2n) is 8.29. The monoisotopic (exact) mass is 433 g/mol. The van der Waals surface area contributed by atoms with Crippen LogP contribution >= 0.6 is 17.0 Å². The van der Waals surface area contributed by atoms with Gasteiger partial charge in [-0.25, -0.2) is 0 Å². The average molecular weight is 435 g/mol. The van der Waals surface area contributed by atoms with Crippen LogP contribution in [-0.4, -0.2) is 37.2 Å². The Balaban J connectivity index is 0.00000625. The molecule has 0 bridgehead atoms. The van der Waals surface area contributed by atoms with Gasteiger partial charge in [0.05, 0.1) is 12.7 Å². The Bertz CT molecular complexity index is 275. The third kappa shape index (κ3) is 16.6. The second kappa shape index (κ2) is 20.1. The fourth-order valence-electron chi connectivity index (χ4n) is 3.98. The first-order valence-electron chi connectivity index (χ1n) is 11.7. The van der Waals surface area contributed by atoms with Crippen molar-refractivity contribution in [2.45, 2.75) is 123 Å². The molecule has 1 saturated heterocycles. The Kier molecular flexibility index (Phi) is 20.5. The quantitative estimate of drug-likeness (QED) is 0.219. The molecule has 1 unspecified atom stereocenters. The maximum absolute atomic E-state index is 5.60. The zero-order chi connectivity index (χ0) is 18.0. The molecule has 0 radical (unpaired) electrons. The van der Waals surface area contributed by atoms with E-state index in [0.29, 0.717) is 6.10 Å². The van der Waals surface area contributed by atoms with Crippen molar-refractivity contribution in [3.05, 3.63) is 0 Å². The van der Waals surface area contributed by atoms with E-state index < -0.39 is 0 Å². The van der Waals surface area contributed by atoms with Gasteiger partial charge in [-0.2, -0.15) is 0 Å². The number of hydrogen-bond donors (Lipinski definition) is 0. The molecule has 0 amide bonds. The minimum atomic E-state index is 0. The Hall–Kier alpha value is 0.400. The van der Waals surface area contributed by atoms with Crippen LogP contribution in [0.2, 0.25) is 0 Å². The predicted molar refractivity (Wildman–Crippen MR) is 122 cm³/mol. The van der Waals surface area contributed by atoms with Crippen LogP contribution < -0.4 is 0 Å². The van der Waals surface area contributed by atoms with Crippen molar-refractivity contribution >= 4 is 17.0 Å². The molecule has 0 aromatic carbocycles. The van der Waals surface area contributed by atoms with Crippen molar-refractivity contribution in [3.63, 3.8) is 0 Å². The average Bonchev–Trinajstić information content (AvgIpc) is 2.61. The zero-order valence-corrected chi connectivity index (χ0v) is 19.7. The lowest BCUT2D eigenvalue weighted by molar-refractivity contribution is -0.0186. The first kappa shape index (κ1) is 26.4. The van der Waals surface area contributed by atoms with Crippen molar-refractivity contribution in [2.75, 3.05) is 26.2 Å². The molecular weight excluding hydrogens is 386 g/mol. The minimum absolute atomic E-state index is 0. The van der Waals surface area contributed by atoms with E-state index in [0.717, 1.165) is 19.7 Å². The number of rotatable bonds is 17. The molecule has 1 rings (SSSR count). The van der Waals surface area contributed by atoms with Gasteiger partial charge < -0.3 is 4.74 Å². The van der Waals surface area contributed by atoms with Crippen molar-refractivity contribution in [2.24, 2.45) is 0 Å². The summed E-state index contributed by atoms with van der Waals surface area (Å²) in [7, 11) is 0. The Morgan fingerprint density at radius 3 is 1.54 bits per heavy atom. The molecule has 1 fully saturated rings. The first-order chi connectivity index (χ1) is 12.3. The Labute approximate surface area is 175 Å². The van der Waals surface area contributed by atoms with Gasteiger partial charge in [-0.05, 0) is 19.9 Å². The van der Waals surface area contributed by atoms with Crippen molar-refractivity contribution in [1.82, 2.24) is 4.90 Å². The van der Waals surface area contributed by atoms with Crippen LogP contribution in [0.1, 0.15) is 117 Å². The SMILES string of the molecule is Br.CCCCCCCCCCCCCCCCCCN1CCOC(C)C1. The van der Waals surface area contributed by atoms with Gasteiger partial charge in [0.1, 0.15) is 0 Å². The van der Waals surface area contributed by atoms with E-state index in [1.165, 1.54) is 109 Å². The van der Waals surface area contributed by atoms with Gasteiger partial charge in [-0.15, -0.1) is 17.0 Å². The normalized spacial score (nSPS) is 18.0. The van der Waals surface area contributed by atoms with Crippen LogP contribution in [0.3, 0.4) is 0 Å². The standard InChI is InChI=1S/C23H47NO.BrH/c1-3-4-5-6-7-8-9-10-11-12-13-14-15-16-17-18-19-24-20-21-25-23(2)22-24;/h23H,3-22H2,1-2H3;1H. The molecule has 3 heteroatoms. The molecule has 1 aliphatic rings. The van der Waals surface area contributed by atoms with Gasteiger partial charge >= 0.3 is 0 Å². The summed E-state index contributed by atoms with van der Waals surface area (Å²) in [6.45, 7) is 8.99.